The summed E-state index contributed by atoms with van der Waals surface area (Å²) in [5, 5.41) is 11.2. The van der Waals surface area contributed by atoms with Crippen molar-refractivity contribution in [3.8, 4) is 0 Å². The molecule has 1 unspecified atom stereocenters. The molecule has 0 bridgehead atoms. The van der Waals surface area contributed by atoms with Crippen molar-refractivity contribution in [2.24, 2.45) is 5.14 Å². The van der Waals surface area contributed by atoms with Crippen LogP contribution < -0.4 is 15.8 Å². The molecule has 7 heteroatoms. The first-order valence-corrected chi connectivity index (χ1v) is 8.61. The van der Waals surface area contributed by atoms with Gasteiger partial charge in [-0.25, -0.2) is 13.6 Å². The molecule has 6 nitrogen and oxygen atoms in total. The predicted octanol–water partition coefficient (Wildman–Crippen LogP) is 0.135. The van der Waals surface area contributed by atoms with E-state index in [0.29, 0.717) is 25.4 Å². The zero-order valence-electron chi connectivity index (χ0n) is 11.8. The minimum Gasteiger partial charge on any atom is -0.356 e. The Kier molecular flexibility index (Phi) is 5.33. The average molecular weight is 311 g/mol. The molecule has 0 spiro atoms. The first-order valence-electron chi connectivity index (χ1n) is 7.07. The third kappa shape index (κ3) is 5.11. The zero-order chi connectivity index (χ0) is 15.3. The van der Waals surface area contributed by atoms with Gasteiger partial charge in [-0.15, -0.1) is 0 Å². The van der Waals surface area contributed by atoms with Gasteiger partial charge in [-0.1, -0.05) is 12.1 Å². The lowest BCUT2D eigenvalue weighted by Gasteiger charge is -2.10. The molecule has 0 saturated carbocycles. The number of amides is 1. The Hall–Kier alpha value is -1.44. The highest BCUT2D eigenvalue weighted by Crippen LogP contribution is 2.10. The van der Waals surface area contributed by atoms with Gasteiger partial charge in [0.2, 0.25) is 15.9 Å². The van der Waals surface area contributed by atoms with Gasteiger partial charge in [0.1, 0.15) is 0 Å². The molecule has 1 aromatic carbocycles. The van der Waals surface area contributed by atoms with Gasteiger partial charge in [-0.3, -0.25) is 4.79 Å². The molecule has 1 saturated heterocycles. The lowest BCUT2D eigenvalue weighted by atomic mass is 10.1. The molecule has 0 aromatic heterocycles. The lowest BCUT2D eigenvalue weighted by Crippen LogP contribution is -2.32. The first-order chi connectivity index (χ1) is 9.95. The zero-order valence-corrected chi connectivity index (χ0v) is 12.7. The topological polar surface area (TPSA) is 101 Å². The van der Waals surface area contributed by atoms with Gasteiger partial charge in [0.25, 0.3) is 0 Å². The number of hydrogen-bond acceptors (Lipinski definition) is 4. The fourth-order valence-corrected chi connectivity index (χ4v) is 2.93. The van der Waals surface area contributed by atoms with Crippen molar-refractivity contribution in [3.05, 3.63) is 29.8 Å². The van der Waals surface area contributed by atoms with Gasteiger partial charge in [-0.05, 0) is 43.5 Å². The van der Waals surface area contributed by atoms with Gasteiger partial charge in [0.05, 0.1) is 4.90 Å². The van der Waals surface area contributed by atoms with Crippen LogP contribution in [0.25, 0.3) is 0 Å². The average Bonchev–Trinajstić information content (AvgIpc) is 2.91. The van der Waals surface area contributed by atoms with Gasteiger partial charge in [-0.2, -0.15) is 0 Å². The van der Waals surface area contributed by atoms with Crippen LogP contribution in [-0.2, 0) is 21.2 Å². The molecule has 1 aliphatic rings. The standard InChI is InChI=1S/C14H21N3O3S/c15-21(19,20)13-5-3-11(4-6-13)7-9-17-14(18)10-12-2-1-8-16-12/h3-6,12,16H,1-2,7-10H2,(H,17,18)(H2,15,19,20). The van der Waals surface area contributed by atoms with Crippen molar-refractivity contribution in [2.45, 2.75) is 36.6 Å². The van der Waals surface area contributed by atoms with E-state index in [9.17, 15) is 13.2 Å². The van der Waals surface area contributed by atoms with E-state index in [1.807, 2.05) is 0 Å². The number of carbonyl (C=O) groups excluding carboxylic acids is 1. The fourth-order valence-electron chi connectivity index (χ4n) is 2.42. The van der Waals surface area contributed by atoms with Gasteiger partial charge < -0.3 is 10.6 Å². The fraction of sp³-hybridized carbons (Fsp3) is 0.500. The number of nitrogens with two attached hydrogens (primary N) is 1. The van der Waals surface area contributed by atoms with Crippen molar-refractivity contribution < 1.29 is 13.2 Å². The van der Waals surface area contributed by atoms with Crippen molar-refractivity contribution >= 4 is 15.9 Å². The third-order valence-corrected chi connectivity index (χ3v) is 4.51. The molecular formula is C14H21N3O3S. The molecule has 1 atom stereocenters. The number of hydrogen-bond donors (Lipinski definition) is 3. The molecule has 1 fully saturated rings. The Labute approximate surface area is 125 Å². The molecular weight excluding hydrogens is 290 g/mol. The molecule has 1 aliphatic heterocycles. The molecule has 1 amide bonds. The summed E-state index contributed by atoms with van der Waals surface area (Å²) in [6.45, 7) is 1.54. The summed E-state index contributed by atoms with van der Waals surface area (Å²) in [4.78, 5) is 11.8. The summed E-state index contributed by atoms with van der Waals surface area (Å²) in [5.74, 6) is 0.0514. The summed E-state index contributed by atoms with van der Waals surface area (Å²) in [7, 11) is -3.64. The molecule has 116 valence electrons. The summed E-state index contributed by atoms with van der Waals surface area (Å²) < 4.78 is 22.3. The molecule has 1 aromatic rings. The predicted molar refractivity (Wildman–Crippen MR) is 80.2 cm³/mol. The number of primary sulfonamides is 1. The van der Waals surface area contributed by atoms with Crippen molar-refractivity contribution in [1.29, 1.82) is 0 Å². The SMILES string of the molecule is NS(=O)(=O)c1ccc(CCNC(=O)CC2CCCN2)cc1. The molecule has 2 rings (SSSR count). The Morgan fingerprint density at radius 2 is 2.05 bits per heavy atom. The Bertz CT molecular complexity index is 578. The quantitative estimate of drug-likeness (QED) is 0.695. The van der Waals surface area contributed by atoms with Crippen LogP contribution >= 0.6 is 0 Å². The van der Waals surface area contributed by atoms with Crippen LogP contribution in [0.3, 0.4) is 0 Å². The molecule has 1 heterocycles. The summed E-state index contributed by atoms with van der Waals surface area (Å²) in [6, 6.07) is 6.69. The third-order valence-electron chi connectivity index (χ3n) is 3.58. The van der Waals surface area contributed by atoms with Crippen LogP contribution in [0.15, 0.2) is 29.2 Å². The van der Waals surface area contributed by atoms with E-state index in [1.165, 1.54) is 12.1 Å². The molecule has 4 N–H and O–H groups in total. The van der Waals surface area contributed by atoms with Crippen molar-refractivity contribution in [2.75, 3.05) is 13.1 Å². The van der Waals surface area contributed by atoms with E-state index in [-0.39, 0.29) is 10.8 Å². The van der Waals surface area contributed by atoms with E-state index in [0.717, 1.165) is 24.9 Å². The van der Waals surface area contributed by atoms with Crippen molar-refractivity contribution in [1.82, 2.24) is 10.6 Å². The minimum absolute atomic E-state index is 0.0514. The number of rotatable bonds is 6. The van der Waals surface area contributed by atoms with Gasteiger partial charge >= 0.3 is 0 Å². The van der Waals surface area contributed by atoms with Crippen LogP contribution in [-0.4, -0.2) is 33.5 Å². The Morgan fingerprint density at radius 3 is 2.62 bits per heavy atom. The summed E-state index contributed by atoms with van der Waals surface area (Å²) in [5.41, 5.74) is 0.960. The minimum atomic E-state index is -3.64. The van der Waals surface area contributed by atoms with E-state index in [4.69, 9.17) is 5.14 Å². The van der Waals surface area contributed by atoms with Gasteiger partial charge in [0.15, 0.2) is 0 Å². The second-order valence-corrected chi connectivity index (χ2v) is 6.85. The maximum Gasteiger partial charge on any atom is 0.238 e. The van der Waals surface area contributed by atoms with Crippen LogP contribution in [0.5, 0.6) is 0 Å². The van der Waals surface area contributed by atoms with Crippen LogP contribution in [0.1, 0.15) is 24.8 Å². The van der Waals surface area contributed by atoms with Crippen LogP contribution in [0, 0.1) is 0 Å². The van der Waals surface area contributed by atoms with Gasteiger partial charge in [0, 0.05) is 19.0 Å². The lowest BCUT2D eigenvalue weighted by molar-refractivity contribution is -0.121. The summed E-state index contributed by atoms with van der Waals surface area (Å²) in [6.07, 6.45) is 3.37. The van der Waals surface area contributed by atoms with E-state index in [1.54, 1.807) is 12.1 Å². The molecule has 0 radical (unpaired) electrons. The highest BCUT2D eigenvalue weighted by molar-refractivity contribution is 7.89. The first kappa shape index (κ1) is 15.9. The Morgan fingerprint density at radius 1 is 1.33 bits per heavy atom. The van der Waals surface area contributed by atoms with E-state index >= 15 is 0 Å². The number of carbonyl (C=O) groups is 1. The maximum absolute atomic E-state index is 11.7. The second-order valence-electron chi connectivity index (χ2n) is 5.29. The second kappa shape index (κ2) is 7.02. The van der Waals surface area contributed by atoms with Crippen LogP contribution in [0.4, 0.5) is 0 Å². The largest absolute Gasteiger partial charge is 0.356 e. The highest BCUT2D eigenvalue weighted by Gasteiger charge is 2.17. The number of benzene rings is 1. The monoisotopic (exact) mass is 311 g/mol. The normalized spacial score (nSPS) is 18.6. The molecule has 21 heavy (non-hydrogen) atoms. The Balaban J connectivity index is 1.74. The number of sulfonamides is 1. The summed E-state index contributed by atoms with van der Waals surface area (Å²) >= 11 is 0. The highest BCUT2D eigenvalue weighted by atomic mass is 32.2. The molecule has 0 aliphatic carbocycles. The van der Waals surface area contributed by atoms with Crippen LogP contribution in [0.2, 0.25) is 0 Å². The maximum atomic E-state index is 11.7. The smallest absolute Gasteiger partial charge is 0.238 e. The van der Waals surface area contributed by atoms with Crippen molar-refractivity contribution in [3.63, 3.8) is 0 Å². The van der Waals surface area contributed by atoms with E-state index < -0.39 is 10.0 Å². The number of nitrogens with one attached hydrogen (secondary N) is 2. The van der Waals surface area contributed by atoms with E-state index in [2.05, 4.69) is 10.6 Å².